The quantitative estimate of drug-likeness (QED) is 0.821. The molecule has 0 aromatic heterocycles. The number of nitrogens with one attached hydrogen (secondary N) is 2. The highest BCUT2D eigenvalue weighted by atomic mass is 32.1. The average molecular weight is 276 g/mol. The van der Waals surface area contributed by atoms with Crippen molar-refractivity contribution < 1.29 is 0 Å². The van der Waals surface area contributed by atoms with Gasteiger partial charge in [0, 0.05) is 6.04 Å². The first-order valence-electron chi connectivity index (χ1n) is 7.29. The molecule has 3 unspecified atom stereocenters. The second kappa shape index (κ2) is 6.90. The Morgan fingerprint density at radius 2 is 1.89 bits per heavy atom. The second-order valence-corrected chi connectivity index (χ2v) is 6.03. The van der Waals surface area contributed by atoms with Crippen LogP contribution in [0.3, 0.4) is 0 Å². The van der Waals surface area contributed by atoms with Crippen molar-refractivity contribution in [1.29, 1.82) is 0 Å². The first kappa shape index (κ1) is 14.3. The van der Waals surface area contributed by atoms with Gasteiger partial charge in [0.15, 0.2) is 5.11 Å². The fourth-order valence-corrected chi connectivity index (χ4v) is 3.09. The molecule has 1 saturated carbocycles. The molecule has 2 rings (SSSR count). The fraction of sp³-hybridized carbons (Fsp3) is 0.562. The van der Waals surface area contributed by atoms with Crippen LogP contribution < -0.4 is 10.6 Å². The van der Waals surface area contributed by atoms with Crippen LogP contribution in [-0.4, -0.2) is 11.2 Å². The van der Waals surface area contributed by atoms with E-state index in [0.717, 1.165) is 11.0 Å². The summed E-state index contributed by atoms with van der Waals surface area (Å²) in [7, 11) is 0. The molecule has 3 heteroatoms. The lowest BCUT2D eigenvalue weighted by atomic mass is 9.86. The third-order valence-electron chi connectivity index (χ3n) is 4.08. The maximum absolute atomic E-state index is 5.44. The molecule has 0 spiro atoms. The van der Waals surface area contributed by atoms with E-state index in [1.807, 2.05) is 6.07 Å². The second-order valence-electron chi connectivity index (χ2n) is 5.62. The Bertz CT molecular complexity index is 404. The predicted octanol–water partition coefficient (Wildman–Crippen LogP) is 3.79. The number of hydrogen-bond donors (Lipinski definition) is 2. The van der Waals surface area contributed by atoms with Gasteiger partial charge in [0.25, 0.3) is 0 Å². The molecule has 1 aliphatic carbocycles. The van der Waals surface area contributed by atoms with Crippen molar-refractivity contribution >= 4 is 17.3 Å². The third kappa shape index (κ3) is 4.20. The van der Waals surface area contributed by atoms with E-state index in [4.69, 9.17) is 12.2 Å². The molecule has 2 N–H and O–H groups in total. The highest BCUT2D eigenvalue weighted by Gasteiger charge is 2.21. The van der Waals surface area contributed by atoms with Crippen LogP contribution in [0.15, 0.2) is 30.3 Å². The highest BCUT2D eigenvalue weighted by Crippen LogP contribution is 2.23. The molecule has 104 valence electrons. The van der Waals surface area contributed by atoms with Gasteiger partial charge in [0.1, 0.15) is 0 Å². The Morgan fingerprint density at radius 3 is 2.58 bits per heavy atom. The molecule has 0 saturated heterocycles. The molecule has 19 heavy (non-hydrogen) atoms. The van der Waals surface area contributed by atoms with Gasteiger partial charge in [-0.1, -0.05) is 50.1 Å². The van der Waals surface area contributed by atoms with Crippen molar-refractivity contribution in [2.75, 3.05) is 0 Å². The number of thiocarbonyl (C=S) groups is 1. The lowest BCUT2D eigenvalue weighted by molar-refractivity contribution is 0.307. The van der Waals surface area contributed by atoms with Crippen LogP contribution in [0.4, 0.5) is 0 Å². The summed E-state index contributed by atoms with van der Waals surface area (Å²) in [6.45, 7) is 4.47. The van der Waals surface area contributed by atoms with Gasteiger partial charge in [-0.25, -0.2) is 0 Å². The van der Waals surface area contributed by atoms with Gasteiger partial charge in [-0.05, 0) is 43.5 Å². The lowest BCUT2D eigenvalue weighted by Gasteiger charge is -2.31. The highest BCUT2D eigenvalue weighted by molar-refractivity contribution is 7.80. The van der Waals surface area contributed by atoms with Gasteiger partial charge in [-0.2, -0.15) is 0 Å². The smallest absolute Gasteiger partial charge is 0.166 e. The molecule has 0 bridgehead atoms. The van der Waals surface area contributed by atoms with Crippen LogP contribution in [0, 0.1) is 5.92 Å². The zero-order chi connectivity index (χ0) is 13.7. The van der Waals surface area contributed by atoms with Crippen molar-refractivity contribution in [1.82, 2.24) is 10.6 Å². The molecule has 1 fully saturated rings. The Hall–Kier alpha value is -1.09. The van der Waals surface area contributed by atoms with Crippen LogP contribution in [-0.2, 0) is 0 Å². The van der Waals surface area contributed by atoms with Gasteiger partial charge in [-0.3, -0.25) is 0 Å². The van der Waals surface area contributed by atoms with E-state index < -0.39 is 0 Å². The molecule has 1 aromatic carbocycles. The Morgan fingerprint density at radius 1 is 1.21 bits per heavy atom. The van der Waals surface area contributed by atoms with Crippen LogP contribution in [0.5, 0.6) is 0 Å². The van der Waals surface area contributed by atoms with E-state index in [1.165, 1.54) is 31.2 Å². The van der Waals surface area contributed by atoms with Crippen molar-refractivity contribution in [3.8, 4) is 0 Å². The number of rotatable bonds is 3. The van der Waals surface area contributed by atoms with E-state index in [2.05, 4.69) is 48.7 Å². The summed E-state index contributed by atoms with van der Waals surface area (Å²) >= 11 is 5.44. The molecular weight excluding hydrogens is 252 g/mol. The maximum Gasteiger partial charge on any atom is 0.166 e. The fourth-order valence-electron chi connectivity index (χ4n) is 2.76. The van der Waals surface area contributed by atoms with Crippen LogP contribution in [0.2, 0.25) is 0 Å². The standard InChI is InChI=1S/C16H24N2S/c1-12-8-6-7-11-15(12)18-16(19)17-13(2)14-9-4-3-5-10-14/h3-5,9-10,12-13,15H,6-8,11H2,1-2H3,(H2,17,18,19). The molecule has 2 nitrogen and oxygen atoms in total. The van der Waals surface area contributed by atoms with Gasteiger partial charge < -0.3 is 10.6 Å². The van der Waals surface area contributed by atoms with E-state index in [1.54, 1.807) is 0 Å². The van der Waals surface area contributed by atoms with Crippen molar-refractivity contribution in [3.05, 3.63) is 35.9 Å². The largest absolute Gasteiger partial charge is 0.360 e. The summed E-state index contributed by atoms with van der Waals surface area (Å²) in [5, 5.41) is 7.66. The Labute approximate surface area is 122 Å². The summed E-state index contributed by atoms with van der Waals surface area (Å²) < 4.78 is 0. The van der Waals surface area contributed by atoms with Gasteiger partial charge in [0.05, 0.1) is 6.04 Å². The van der Waals surface area contributed by atoms with Crippen molar-refractivity contribution in [2.45, 2.75) is 51.6 Å². The first-order valence-corrected chi connectivity index (χ1v) is 7.69. The molecule has 1 aliphatic rings. The van der Waals surface area contributed by atoms with E-state index in [-0.39, 0.29) is 6.04 Å². The zero-order valence-electron chi connectivity index (χ0n) is 11.9. The predicted molar refractivity (Wildman–Crippen MR) is 85.1 cm³/mol. The molecule has 0 aliphatic heterocycles. The van der Waals surface area contributed by atoms with Crippen LogP contribution >= 0.6 is 12.2 Å². The Balaban J connectivity index is 1.84. The minimum absolute atomic E-state index is 0.250. The maximum atomic E-state index is 5.44. The minimum Gasteiger partial charge on any atom is -0.360 e. The summed E-state index contributed by atoms with van der Waals surface area (Å²) in [4.78, 5) is 0. The van der Waals surface area contributed by atoms with E-state index in [9.17, 15) is 0 Å². The molecule has 3 atom stereocenters. The molecular formula is C16H24N2S. The lowest BCUT2D eigenvalue weighted by Crippen LogP contribution is -2.46. The summed E-state index contributed by atoms with van der Waals surface area (Å²) in [5.41, 5.74) is 1.27. The van der Waals surface area contributed by atoms with Gasteiger partial charge >= 0.3 is 0 Å². The topological polar surface area (TPSA) is 24.1 Å². The van der Waals surface area contributed by atoms with Crippen LogP contribution in [0.25, 0.3) is 0 Å². The summed E-state index contributed by atoms with van der Waals surface area (Å²) in [6, 6.07) is 11.2. The average Bonchev–Trinajstić information content (AvgIpc) is 2.42. The zero-order valence-corrected chi connectivity index (χ0v) is 12.7. The van der Waals surface area contributed by atoms with E-state index >= 15 is 0 Å². The Kier molecular flexibility index (Phi) is 5.20. The first-order chi connectivity index (χ1) is 9.16. The van der Waals surface area contributed by atoms with Crippen molar-refractivity contribution in [2.24, 2.45) is 5.92 Å². The van der Waals surface area contributed by atoms with Crippen molar-refractivity contribution in [3.63, 3.8) is 0 Å². The normalized spacial score (nSPS) is 24.5. The van der Waals surface area contributed by atoms with Gasteiger partial charge in [-0.15, -0.1) is 0 Å². The SMILES string of the molecule is CC(NC(=S)NC1CCCCC1C)c1ccccc1. The molecule has 1 aromatic rings. The number of benzene rings is 1. The van der Waals surface area contributed by atoms with Crippen LogP contribution in [0.1, 0.15) is 51.1 Å². The van der Waals surface area contributed by atoms with E-state index in [0.29, 0.717) is 6.04 Å². The minimum atomic E-state index is 0.250. The molecule has 0 heterocycles. The summed E-state index contributed by atoms with van der Waals surface area (Å²) in [5.74, 6) is 0.723. The monoisotopic (exact) mass is 276 g/mol. The third-order valence-corrected chi connectivity index (χ3v) is 4.31. The summed E-state index contributed by atoms with van der Waals surface area (Å²) in [6.07, 6.45) is 5.23. The number of hydrogen-bond acceptors (Lipinski definition) is 1. The molecule has 0 amide bonds. The molecule has 0 radical (unpaired) electrons. The van der Waals surface area contributed by atoms with Gasteiger partial charge in [0.2, 0.25) is 0 Å².